The maximum absolute atomic E-state index is 14.5. The first-order chi connectivity index (χ1) is 17.2. The standard InChI is InChI=1S/C24H27FN8O3/c1-13-11-33(12-14(2)35-13)19-8-5-15(9-26-19)28-23-27-10-16(25)20(32-23)29-18-7-6-17-21(30-18)31-22(34)24(3,4)36-17/h5-10,13-14H,11-12H2,1-4H3,(H3,27,28,29,30,31,32,34)/t13-,14+. The van der Waals surface area contributed by atoms with E-state index in [1.165, 1.54) is 0 Å². The van der Waals surface area contributed by atoms with E-state index in [-0.39, 0.29) is 41.5 Å². The normalized spacial score (nSPS) is 20.7. The fourth-order valence-electron chi connectivity index (χ4n) is 4.04. The molecule has 5 heterocycles. The van der Waals surface area contributed by atoms with Gasteiger partial charge in [0.15, 0.2) is 28.8 Å². The van der Waals surface area contributed by atoms with Gasteiger partial charge in [-0.15, -0.1) is 0 Å². The van der Waals surface area contributed by atoms with Crippen molar-refractivity contribution in [2.45, 2.75) is 45.5 Å². The molecule has 12 heteroatoms. The fraction of sp³-hybridized carbons (Fsp3) is 0.375. The second kappa shape index (κ2) is 9.19. The first-order valence-electron chi connectivity index (χ1n) is 11.6. The van der Waals surface area contributed by atoms with Crippen molar-refractivity contribution in [3.63, 3.8) is 0 Å². The van der Waals surface area contributed by atoms with E-state index in [1.54, 1.807) is 32.2 Å². The number of amides is 1. The average Bonchev–Trinajstić information content (AvgIpc) is 2.82. The summed E-state index contributed by atoms with van der Waals surface area (Å²) in [6.07, 6.45) is 3.00. The van der Waals surface area contributed by atoms with E-state index in [1.807, 2.05) is 26.0 Å². The molecule has 36 heavy (non-hydrogen) atoms. The fourth-order valence-corrected chi connectivity index (χ4v) is 4.04. The first kappa shape index (κ1) is 23.7. The third-order valence-electron chi connectivity index (χ3n) is 5.74. The lowest BCUT2D eigenvalue weighted by Gasteiger charge is -2.36. The summed E-state index contributed by atoms with van der Waals surface area (Å²) in [6, 6.07) is 7.02. The number of carbonyl (C=O) groups is 1. The Kier molecular flexibility index (Phi) is 6.04. The van der Waals surface area contributed by atoms with Crippen LogP contribution in [0.15, 0.2) is 36.7 Å². The summed E-state index contributed by atoms with van der Waals surface area (Å²) in [5.74, 6) is 0.911. The number of anilines is 6. The van der Waals surface area contributed by atoms with Gasteiger partial charge in [-0.1, -0.05) is 0 Å². The Morgan fingerprint density at radius 1 is 1.06 bits per heavy atom. The highest BCUT2D eigenvalue weighted by Crippen LogP contribution is 2.33. The summed E-state index contributed by atoms with van der Waals surface area (Å²) in [6.45, 7) is 8.94. The minimum Gasteiger partial charge on any atom is -0.474 e. The van der Waals surface area contributed by atoms with Gasteiger partial charge in [0.2, 0.25) is 5.95 Å². The predicted molar refractivity (Wildman–Crippen MR) is 133 cm³/mol. The Morgan fingerprint density at radius 2 is 1.83 bits per heavy atom. The third-order valence-corrected chi connectivity index (χ3v) is 5.74. The number of carbonyl (C=O) groups excluding carboxylic acids is 1. The molecule has 0 aliphatic carbocycles. The van der Waals surface area contributed by atoms with Crippen molar-refractivity contribution in [1.29, 1.82) is 0 Å². The highest BCUT2D eigenvalue weighted by Gasteiger charge is 2.36. The van der Waals surface area contributed by atoms with E-state index >= 15 is 0 Å². The topological polar surface area (TPSA) is 126 Å². The summed E-state index contributed by atoms with van der Waals surface area (Å²) in [5.41, 5.74) is -0.352. The molecule has 3 aromatic rings. The molecule has 3 N–H and O–H groups in total. The average molecular weight is 495 g/mol. The van der Waals surface area contributed by atoms with Crippen LogP contribution in [0.2, 0.25) is 0 Å². The van der Waals surface area contributed by atoms with Crippen LogP contribution < -0.4 is 25.6 Å². The number of pyridine rings is 2. The smallest absolute Gasteiger partial charge is 0.269 e. The molecule has 0 bridgehead atoms. The molecule has 2 atom stereocenters. The molecule has 1 saturated heterocycles. The van der Waals surface area contributed by atoms with Gasteiger partial charge in [0.25, 0.3) is 5.91 Å². The lowest BCUT2D eigenvalue weighted by Crippen LogP contribution is -2.46. The highest BCUT2D eigenvalue weighted by molar-refractivity contribution is 5.99. The minimum absolute atomic E-state index is 0.0794. The van der Waals surface area contributed by atoms with Gasteiger partial charge in [-0.25, -0.2) is 19.3 Å². The number of aromatic nitrogens is 4. The van der Waals surface area contributed by atoms with Crippen molar-refractivity contribution in [2.24, 2.45) is 0 Å². The Bertz CT molecular complexity index is 1280. The lowest BCUT2D eigenvalue weighted by molar-refractivity contribution is -0.129. The molecule has 11 nitrogen and oxygen atoms in total. The zero-order valence-corrected chi connectivity index (χ0v) is 20.4. The van der Waals surface area contributed by atoms with Crippen LogP contribution in [0.1, 0.15) is 27.7 Å². The molecule has 2 aliphatic heterocycles. The van der Waals surface area contributed by atoms with Crippen molar-refractivity contribution in [3.05, 3.63) is 42.5 Å². The first-order valence-corrected chi connectivity index (χ1v) is 11.6. The number of morpholine rings is 1. The molecule has 188 valence electrons. The number of fused-ring (bicyclic) bond motifs is 1. The highest BCUT2D eigenvalue weighted by atomic mass is 19.1. The van der Waals surface area contributed by atoms with Crippen molar-refractivity contribution < 1.29 is 18.7 Å². The van der Waals surface area contributed by atoms with Gasteiger partial charge < -0.3 is 30.3 Å². The van der Waals surface area contributed by atoms with Gasteiger partial charge in [0.05, 0.1) is 30.3 Å². The van der Waals surface area contributed by atoms with Crippen LogP contribution in [0.3, 0.4) is 0 Å². The van der Waals surface area contributed by atoms with E-state index in [0.29, 0.717) is 11.4 Å². The number of hydrogen-bond acceptors (Lipinski definition) is 10. The van der Waals surface area contributed by atoms with Gasteiger partial charge in [0, 0.05) is 13.1 Å². The Morgan fingerprint density at radius 3 is 2.56 bits per heavy atom. The molecule has 0 radical (unpaired) electrons. The van der Waals surface area contributed by atoms with Gasteiger partial charge in [-0.05, 0) is 52.0 Å². The number of nitrogens with zero attached hydrogens (tertiary/aromatic N) is 5. The molecule has 0 spiro atoms. The molecular formula is C24H27FN8O3. The minimum atomic E-state index is -1.00. The van der Waals surface area contributed by atoms with E-state index in [0.717, 1.165) is 25.1 Å². The molecule has 1 fully saturated rings. The summed E-state index contributed by atoms with van der Waals surface area (Å²) in [4.78, 5) is 31.4. The molecule has 0 saturated carbocycles. The van der Waals surface area contributed by atoms with Crippen molar-refractivity contribution in [3.8, 4) is 5.75 Å². The van der Waals surface area contributed by atoms with Gasteiger partial charge in [0.1, 0.15) is 11.6 Å². The number of rotatable bonds is 5. The molecule has 2 aliphatic rings. The van der Waals surface area contributed by atoms with Crippen molar-refractivity contribution in [1.82, 2.24) is 19.9 Å². The third kappa shape index (κ3) is 4.98. The number of halogens is 1. The zero-order chi connectivity index (χ0) is 25.4. The predicted octanol–water partition coefficient (Wildman–Crippen LogP) is 3.62. The molecule has 3 aromatic heterocycles. The number of hydrogen-bond donors (Lipinski definition) is 3. The largest absolute Gasteiger partial charge is 0.474 e. The Hall–Kier alpha value is -4.06. The Balaban J connectivity index is 1.29. The van der Waals surface area contributed by atoms with Crippen LogP contribution in [0.25, 0.3) is 0 Å². The van der Waals surface area contributed by atoms with Gasteiger partial charge in [-0.3, -0.25) is 4.79 Å². The molecule has 1 amide bonds. The van der Waals surface area contributed by atoms with Crippen LogP contribution in [-0.4, -0.2) is 56.7 Å². The van der Waals surface area contributed by atoms with E-state index in [9.17, 15) is 9.18 Å². The van der Waals surface area contributed by atoms with Crippen LogP contribution in [0.5, 0.6) is 5.75 Å². The summed E-state index contributed by atoms with van der Waals surface area (Å²) in [7, 11) is 0. The lowest BCUT2D eigenvalue weighted by atomic mass is 10.1. The molecule has 5 rings (SSSR count). The van der Waals surface area contributed by atoms with E-state index < -0.39 is 11.4 Å². The van der Waals surface area contributed by atoms with E-state index in [2.05, 4.69) is 40.8 Å². The summed E-state index contributed by atoms with van der Waals surface area (Å²) in [5, 5.41) is 8.56. The molecular weight excluding hydrogens is 467 g/mol. The van der Waals surface area contributed by atoms with Crippen molar-refractivity contribution in [2.75, 3.05) is 33.9 Å². The van der Waals surface area contributed by atoms with Crippen molar-refractivity contribution >= 4 is 40.8 Å². The number of nitrogens with one attached hydrogen (secondary N) is 3. The number of ether oxygens (including phenoxy) is 2. The monoisotopic (exact) mass is 494 g/mol. The van der Waals surface area contributed by atoms with Gasteiger partial charge >= 0.3 is 0 Å². The van der Waals surface area contributed by atoms with Gasteiger partial charge in [-0.2, -0.15) is 4.98 Å². The summed E-state index contributed by atoms with van der Waals surface area (Å²) < 4.78 is 25.9. The maximum atomic E-state index is 14.5. The second-order valence-corrected chi connectivity index (χ2v) is 9.32. The molecule has 0 unspecified atom stereocenters. The SMILES string of the molecule is C[C@@H]1CN(c2ccc(Nc3ncc(F)c(Nc4ccc5c(n4)NC(=O)C(C)(C)O5)n3)cn2)C[C@H](C)O1. The quantitative estimate of drug-likeness (QED) is 0.484. The maximum Gasteiger partial charge on any atom is 0.269 e. The van der Waals surface area contributed by atoms with Crippen LogP contribution in [0.4, 0.5) is 39.3 Å². The van der Waals surface area contributed by atoms with Crippen LogP contribution in [-0.2, 0) is 9.53 Å². The summed E-state index contributed by atoms with van der Waals surface area (Å²) >= 11 is 0. The zero-order valence-electron chi connectivity index (χ0n) is 20.4. The van der Waals surface area contributed by atoms with E-state index in [4.69, 9.17) is 9.47 Å². The molecule has 0 aromatic carbocycles. The second-order valence-electron chi connectivity index (χ2n) is 9.32. The Labute approximate surface area is 207 Å². The van der Waals surface area contributed by atoms with Crippen LogP contribution in [0, 0.1) is 5.82 Å². The van der Waals surface area contributed by atoms with Crippen LogP contribution >= 0.6 is 0 Å².